The van der Waals surface area contributed by atoms with Crippen LogP contribution in [0.4, 0.5) is 0 Å². The SMILES string of the molecule is CC[C@@H]1C(=O)O[C@H]1CC(O)c1ccc(Oc2ccccc2)cc1. The number of carbonyl (C=O) groups is 1. The van der Waals surface area contributed by atoms with Gasteiger partial charge in [0.15, 0.2) is 0 Å². The van der Waals surface area contributed by atoms with Gasteiger partial charge in [-0.05, 0) is 36.2 Å². The van der Waals surface area contributed by atoms with Crippen molar-refractivity contribution in [1.29, 1.82) is 0 Å². The molecule has 1 unspecified atom stereocenters. The van der Waals surface area contributed by atoms with Crippen LogP contribution in [-0.4, -0.2) is 17.2 Å². The first kappa shape index (κ1) is 15.6. The molecule has 2 aromatic carbocycles. The third-order valence-electron chi connectivity index (χ3n) is 4.16. The highest BCUT2D eigenvalue weighted by Gasteiger charge is 2.41. The molecule has 1 fully saturated rings. The third kappa shape index (κ3) is 3.54. The van der Waals surface area contributed by atoms with Crippen molar-refractivity contribution in [3.63, 3.8) is 0 Å². The van der Waals surface area contributed by atoms with Gasteiger partial charge in [-0.1, -0.05) is 37.3 Å². The number of carbonyl (C=O) groups excluding carboxylic acids is 1. The maximum Gasteiger partial charge on any atom is 0.313 e. The summed E-state index contributed by atoms with van der Waals surface area (Å²) in [6.07, 6.45) is 0.360. The largest absolute Gasteiger partial charge is 0.461 e. The normalized spacial score (nSPS) is 21.2. The van der Waals surface area contributed by atoms with Gasteiger partial charge in [0.1, 0.15) is 17.6 Å². The molecular formula is C19H20O4. The number of hydrogen-bond donors (Lipinski definition) is 1. The number of hydrogen-bond acceptors (Lipinski definition) is 4. The monoisotopic (exact) mass is 312 g/mol. The highest BCUT2D eigenvalue weighted by molar-refractivity contribution is 5.78. The van der Waals surface area contributed by atoms with Gasteiger partial charge in [-0.2, -0.15) is 0 Å². The van der Waals surface area contributed by atoms with Crippen LogP contribution in [0.25, 0.3) is 0 Å². The fourth-order valence-corrected chi connectivity index (χ4v) is 2.78. The Bertz CT molecular complexity index is 651. The minimum absolute atomic E-state index is 0.0784. The molecule has 1 aliphatic rings. The van der Waals surface area contributed by atoms with Gasteiger partial charge in [-0.15, -0.1) is 0 Å². The summed E-state index contributed by atoms with van der Waals surface area (Å²) < 4.78 is 10.8. The lowest BCUT2D eigenvalue weighted by Crippen LogP contribution is -2.45. The van der Waals surface area contributed by atoms with Gasteiger partial charge in [-0.3, -0.25) is 4.79 Å². The van der Waals surface area contributed by atoms with E-state index in [4.69, 9.17) is 9.47 Å². The van der Waals surface area contributed by atoms with Gasteiger partial charge in [0.05, 0.1) is 12.0 Å². The Morgan fingerprint density at radius 3 is 2.35 bits per heavy atom. The van der Waals surface area contributed by atoms with Crippen molar-refractivity contribution in [2.45, 2.75) is 32.0 Å². The number of aliphatic hydroxyl groups excluding tert-OH is 1. The lowest BCUT2D eigenvalue weighted by atomic mass is 9.88. The molecule has 1 saturated heterocycles. The molecule has 2 aromatic rings. The summed E-state index contributed by atoms with van der Waals surface area (Å²) in [5, 5.41) is 10.3. The predicted octanol–water partition coefficient (Wildman–Crippen LogP) is 3.85. The molecular weight excluding hydrogens is 292 g/mol. The second-order valence-corrected chi connectivity index (χ2v) is 5.73. The maximum atomic E-state index is 11.3. The Morgan fingerprint density at radius 1 is 1.09 bits per heavy atom. The molecule has 0 aromatic heterocycles. The quantitative estimate of drug-likeness (QED) is 0.823. The fraction of sp³-hybridized carbons (Fsp3) is 0.316. The van der Waals surface area contributed by atoms with Gasteiger partial charge in [0, 0.05) is 6.42 Å². The van der Waals surface area contributed by atoms with Crippen LogP contribution >= 0.6 is 0 Å². The number of esters is 1. The van der Waals surface area contributed by atoms with Crippen LogP contribution in [0.1, 0.15) is 31.4 Å². The van der Waals surface area contributed by atoms with E-state index >= 15 is 0 Å². The van der Waals surface area contributed by atoms with Gasteiger partial charge < -0.3 is 14.6 Å². The van der Waals surface area contributed by atoms with E-state index < -0.39 is 6.10 Å². The number of para-hydroxylation sites is 1. The molecule has 1 heterocycles. The van der Waals surface area contributed by atoms with E-state index in [1.165, 1.54) is 0 Å². The van der Waals surface area contributed by atoms with Crippen molar-refractivity contribution >= 4 is 5.97 Å². The van der Waals surface area contributed by atoms with Crippen LogP contribution in [-0.2, 0) is 9.53 Å². The molecule has 0 bridgehead atoms. The Hall–Kier alpha value is -2.33. The molecule has 1 aliphatic heterocycles. The third-order valence-corrected chi connectivity index (χ3v) is 4.16. The van der Waals surface area contributed by atoms with Crippen LogP contribution < -0.4 is 4.74 Å². The average Bonchev–Trinajstić information content (AvgIpc) is 2.56. The van der Waals surface area contributed by atoms with Crippen molar-refractivity contribution in [3.8, 4) is 11.5 Å². The number of aliphatic hydroxyl groups is 1. The zero-order chi connectivity index (χ0) is 16.2. The van der Waals surface area contributed by atoms with Crippen LogP contribution in [0.15, 0.2) is 54.6 Å². The summed E-state index contributed by atoms with van der Waals surface area (Å²) >= 11 is 0. The number of benzene rings is 2. The first-order valence-electron chi connectivity index (χ1n) is 7.88. The molecule has 23 heavy (non-hydrogen) atoms. The summed E-state index contributed by atoms with van der Waals surface area (Å²) in [7, 11) is 0. The van der Waals surface area contributed by atoms with Gasteiger partial charge in [-0.25, -0.2) is 0 Å². The number of ether oxygens (including phenoxy) is 2. The summed E-state index contributed by atoms with van der Waals surface area (Å²) in [6, 6.07) is 16.9. The van der Waals surface area contributed by atoms with Gasteiger partial charge in [0.2, 0.25) is 0 Å². The van der Waals surface area contributed by atoms with Gasteiger partial charge >= 0.3 is 5.97 Å². The van der Waals surface area contributed by atoms with E-state index in [0.29, 0.717) is 12.2 Å². The average molecular weight is 312 g/mol. The lowest BCUT2D eigenvalue weighted by molar-refractivity contribution is -0.188. The highest BCUT2D eigenvalue weighted by Crippen LogP contribution is 2.33. The van der Waals surface area contributed by atoms with Crippen molar-refractivity contribution in [2.75, 3.05) is 0 Å². The molecule has 0 amide bonds. The summed E-state index contributed by atoms with van der Waals surface area (Å²) in [5.74, 6) is 1.25. The lowest BCUT2D eigenvalue weighted by Gasteiger charge is -2.35. The first-order chi connectivity index (χ1) is 11.2. The Labute approximate surface area is 135 Å². The smallest absolute Gasteiger partial charge is 0.313 e. The summed E-state index contributed by atoms with van der Waals surface area (Å²) in [5.41, 5.74) is 0.795. The van der Waals surface area contributed by atoms with Crippen molar-refractivity contribution in [1.82, 2.24) is 0 Å². The van der Waals surface area contributed by atoms with E-state index in [2.05, 4.69) is 0 Å². The molecule has 0 aliphatic carbocycles. The first-order valence-corrected chi connectivity index (χ1v) is 7.88. The zero-order valence-corrected chi connectivity index (χ0v) is 13.0. The van der Waals surface area contributed by atoms with Crippen LogP contribution in [0.5, 0.6) is 11.5 Å². The molecule has 0 saturated carbocycles. The number of cyclic esters (lactones) is 1. The Balaban J connectivity index is 1.59. The van der Waals surface area contributed by atoms with E-state index in [1.54, 1.807) is 0 Å². The molecule has 0 spiro atoms. The molecule has 0 radical (unpaired) electrons. The topological polar surface area (TPSA) is 55.8 Å². The minimum atomic E-state index is -0.645. The van der Waals surface area contributed by atoms with Gasteiger partial charge in [0.25, 0.3) is 0 Å². The van der Waals surface area contributed by atoms with E-state index in [9.17, 15) is 9.90 Å². The fourth-order valence-electron chi connectivity index (χ4n) is 2.78. The minimum Gasteiger partial charge on any atom is -0.461 e. The molecule has 4 nitrogen and oxygen atoms in total. The second-order valence-electron chi connectivity index (χ2n) is 5.73. The van der Waals surface area contributed by atoms with Crippen LogP contribution in [0, 0.1) is 5.92 Å². The standard InChI is InChI=1S/C19H20O4/c1-2-16-18(23-19(16)21)12-17(20)13-8-10-15(11-9-13)22-14-6-4-3-5-7-14/h3-11,16-18,20H,2,12H2,1H3/t16-,17?,18-/m0/s1. The molecule has 3 atom stereocenters. The van der Waals surface area contributed by atoms with Crippen molar-refractivity contribution < 1.29 is 19.4 Å². The van der Waals surface area contributed by atoms with Crippen LogP contribution in [0.2, 0.25) is 0 Å². The second kappa shape index (κ2) is 6.84. The zero-order valence-electron chi connectivity index (χ0n) is 13.0. The predicted molar refractivity (Wildman–Crippen MR) is 86.2 cm³/mol. The van der Waals surface area contributed by atoms with Crippen LogP contribution in [0.3, 0.4) is 0 Å². The molecule has 3 rings (SSSR count). The molecule has 1 N–H and O–H groups in total. The summed E-state index contributed by atoms with van der Waals surface area (Å²) in [4.78, 5) is 11.3. The number of rotatable bonds is 6. The Kier molecular flexibility index (Phi) is 4.63. The van der Waals surface area contributed by atoms with E-state index in [0.717, 1.165) is 17.7 Å². The Morgan fingerprint density at radius 2 is 1.74 bits per heavy atom. The molecule has 4 heteroatoms. The van der Waals surface area contributed by atoms with E-state index in [-0.39, 0.29) is 18.0 Å². The van der Waals surface area contributed by atoms with E-state index in [1.807, 2.05) is 61.5 Å². The maximum absolute atomic E-state index is 11.3. The van der Waals surface area contributed by atoms with Crippen molar-refractivity contribution in [2.24, 2.45) is 5.92 Å². The summed E-state index contributed by atoms with van der Waals surface area (Å²) in [6.45, 7) is 1.96. The highest BCUT2D eigenvalue weighted by atomic mass is 16.6. The van der Waals surface area contributed by atoms with Crippen molar-refractivity contribution in [3.05, 3.63) is 60.2 Å². The molecule has 120 valence electrons.